The molecule has 7 nitrogen and oxygen atoms in total. The van der Waals surface area contributed by atoms with Gasteiger partial charge in [-0.2, -0.15) is 0 Å². The van der Waals surface area contributed by atoms with Crippen LogP contribution in [0.2, 0.25) is 0 Å². The maximum atomic E-state index is 12.8. The number of aromatic nitrogens is 3. The van der Waals surface area contributed by atoms with Gasteiger partial charge in [0.15, 0.2) is 5.16 Å². The van der Waals surface area contributed by atoms with Gasteiger partial charge in [0.1, 0.15) is 0 Å². The van der Waals surface area contributed by atoms with Crippen molar-refractivity contribution in [2.45, 2.75) is 30.8 Å². The fourth-order valence-corrected chi connectivity index (χ4v) is 4.98. The van der Waals surface area contributed by atoms with Crippen molar-refractivity contribution in [2.24, 2.45) is 0 Å². The van der Waals surface area contributed by atoms with Gasteiger partial charge in [-0.15, -0.1) is 0 Å². The van der Waals surface area contributed by atoms with E-state index in [1.807, 2.05) is 29.3 Å². The van der Waals surface area contributed by atoms with E-state index in [1.165, 1.54) is 0 Å². The number of morpholine rings is 1. The summed E-state index contributed by atoms with van der Waals surface area (Å²) in [6.45, 7) is 8.23. The highest BCUT2D eigenvalue weighted by molar-refractivity contribution is 7.99. The predicted octanol–water partition coefficient (Wildman–Crippen LogP) is 3.02. The summed E-state index contributed by atoms with van der Waals surface area (Å²) in [5.74, 6) is 1.27. The lowest BCUT2D eigenvalue weighted by Crippen LogP contribution is -2.38. The zero-order chi connectivity index (χ0) is 22.2. The smallest absolute Gasteiger partial charge is 0.246 e. The van der Waals surface area contributed by atoms with Crippen LogP contribution in [0, 0.1) is 6.92 Å². The molecule has 1 amide bonds. The monoisotopic (exact) mass is 453 g/mol. The molecule has 1 atom stereocenters. The molecule has 2 aliphatic heterocycles. The first kappa shape index (κ1) is 22.9. The van der Waals surface area contributed by atoms with Gasteiger partial charge in [-0.25, -0.2) is 9.97 Å². The number of ether oxygens (including phenoxy) is 1. The van der Waals surface area contributed by atoms with E-state index in [9.17, 15) is 4.79 Å². The van der Waals surface area contributed by atoms with Crippen LogP contribution < -0.4 is 0 Å². The van der Waals surface area contributed by atoms with Gasteiger partial charge in [0, 0.05) is 69.1 Å². The summed E-state index contributed by atoms with van der Waals surface area (Å²) < 4.78 is 5.42. The first-order valence-corrected chi connectivity index (χ1v) is 12.3. The SMILES string of the molecule is Cc1cnc(SCCN2CCOCC2)nc1[C@@H]1CCCN(C(=O)/C=C/c2cccnc2)C1. The molecule has 0 aromatic carbocycles. The molecule has 2 saturated heterocycles. The molecule has 32 heavy (non-hydrogen) atoms. The van der Waals surface area contributed by atoms with Crippen molar-refractivity contribution in [2.75, 3.05) is 51.7 Å². The van der Waals surface area contributed by atoms with E-state index in [0.29, 0.717) is 6.54 Å². The average Bonchev–Trinajstić information content (AvgIpc) is 2.85. The van der Waals surface area contributed by atoms with Crippen LogP contribution in [-0.4, -0.2) is 82.3 Å². The topological polar surface area (TPSA) is 71.5 Å². The van der Waals surface area contributed by atoms with Crippen molar-refractivity contribution >= 4 is 23.7 Å². The van der Waals surface area contributed by atoms with Gasteiger partial charge in [0.2, 0.25) is 5.91 Å². The number of hydrogen-bond donors (Lipinski definition) is 0. The summed E-state index contributed by atoms with van der Waals surface area (Å²) in [7, 11) is 0. The number of amides is 1. The molecule has 8 heteroatoms. The summed E-state index contributed by atoms with van der Waals surface area (Å²) in [6, 6.07) is 3.81. The molecule has 0 bridgehead atoms. The molecular weight excluding hydrogens is 422 g/mol. The maximum absolute atomic E-state index is 12.8. The molecule has 0 spiro atoms. The Labute approximate surface area is 194 Å². The largest absolute Gasteiger partial charge is 0.379 e. The summed E-state index contributed by atoms with van der Waals surface area (Å²) >= 11 is 1.71. The van der Waals surface area contributed by atoms with Crippen molar-refractivity contribution in [3.05, 3.63) is 53.6 Å². The minimum atomic E-state index is 0.0466. The number of pyridine rings is 1. The van der Waals surface area contributed by atoms with Gasteiger partial charge in [0.25, 0.3) is 0 Å². The minimum absolute atomic E-state index is 0.0466. The third-order valence-electron chi connectivity index (χ3n) is 5.95. The Balaban J connectivity index is 1.35. The number of carbonyl (C=O) groups excluding carboxylic acids is 1. The summed E-state index contributed by atoms with van der Waals surface area (Å²) in [4.78, 5) is 30.7. The van der Waals surface area contributed by atoms with Crippen LogP contribution in [-0.2, 0) is 9.53 Å². The fraction of sp³-hybridized carbons (Fsp3) is 0.500. The molecule has 2 aliphatic rings. The van der Waals surface area contributed by atoms with Gasteiger partial charge in [-0.3, -0.25) is 14.7 Å². The van der Waals surface area contributed by atoms with Crippen LogP contribution in [0.1, 0.15) is 35.6 Å². The molecular formula is C24H31N5O2S. The Bertz CT molecular complexity index is 918. The molecule has 170 valence electrons. The van der Waals surface area contributed by atoms with Crippen molar-refractivity contribution in [1.82, 2.24) is 24.8 Å². The van der Waals surface area contributed by atoms with Crippen LogP contribution in [0.25, 0.3) is 6.08 Å². The van der Waals surface area contributed by atoms with Crippen molar-refractivity contribution in [1.29, 1.82) is 0 Å². The number of aryl methyl sites for hydroxylation is 1. The number of thioether (sulfide) groups is 1. The molecule has 2 aromatic heterocycles. The van der Waals surface area contributed by atoms with Crippen molar-refractivity contribution in [3.63, 3.8) is 0 Å². The normalized spacial score (nSPS) is 20.0. The lowest BCUT2D eigenvalue weighted by molar-refractivity contribution is -0.127. The highest BCUT2D eigenvalue weighted by atomic mass is 32.2. The predicted molar refractivity (Wildman–Crippen MR) is 127 cm³/mol. The quantitative estimate of drug-likeness (QED) is 0.362. The fourth-order valence-electron chi connectivity index (χ4n) is 4.16. The summed E-state index contributed by atoms with van der Waals surface area (Å²) in [5, 5.41) is 0.832. The molecule has 0 radical (unpaired) electrons. The van der Waals surface area contributed by atoms with Crippen LogP contribution in [0.4, 0.5) is 0 Å². The average molecular weight is 454 g/mol. The highest BCUT2D eigenvalue weighted by Gasteiger charge is 2.26. The Kier molecular flexibility index (Phi) is 8.25. The molecule has 0 unspecified atom stereocenters. The molecule has 0 saturated carbocycles. The number of nitrogens with zero attached hydrogens (tertiary/aromatic N) is 5. The van der Waals surface area contributed by atoms with E-state index in [-0.39, 0.29) is 11.8 Å². The van der Waals surface area contributed by atoms with Crippen LogP contribution in [0.3, 0.4) is 0 Å². The third-order valence-corrected chi connectivity index (χ3v) is 6.80. The Morgan fingerprint density at radius 1 is 1.28 bits per heavy atom. The van der Waals surface area contributed by atoms with Crippen molar-refractivity contribution in [3.8, 4) is 0 Å². The number of rotatable bonds is 7. The summed E-state index contributed by atoms with van der Waals surface area (Å²) in [5.41, 5.74) is 3.12. The van der Waals surface area contributed by atoms with Gasteiger partial charge in [-0.05, 0) is 43.0 Å². The van der Waals surface area contributed by atoms with E-state index in [0.717, 1.165) is 80.0 Å². The van der Waals surface area contributed by atoms with Crippen molar-refractivity contribution < 1.29 is 9.53 Å². The van der Waals surface area contributed by atoms with Gasteiger partial charge in [-0.1, -0.05) is 17.8 Å². The van der Waals surface area contributed by atoms with E-state index in [1.54, 1.807) is 30.2 Å². The Morgan fingerprint density at radius 2 is 2.16 bits per heavy atom. The second-order valence-electron chi connectivity index (χ2n) is 8.27. The maximum Gasteiger partial charge on any atom is 0.246 e. The van der Waals surface area contributed by atoms with E-state index in [2.05, 4.69) is 21.8 Å². The second kappa shape index (κ2) is 11.5. The minimum Gasteiger partial charge on any atom is -0.379 e. The molecule has 2 fully saturated rings. The molecule has 2 aromatic rings. The van der Waals surface area contributed by atoms with E-state index >= 15 is 0 Å². The second-order valence-corrected chi connectivity index (χ2v) is 9.33. The standard InChI is InChI=1S/C24H31N5O2S/c1-19-16-26-24(32-15-12-28-10-13-31-14-11-28)27-23(19)21-5-3-9-29(18-21)22(30)7-6-20-4-2-8-25-17-20/h2,4,6-8,16-17,21H,3,5,9-15,18H2,1H3/b7-6+/t21-/m1/s1. The number of carbonyl (C=O) groups is 1. The van der Waals surface area contributed by atoms with E-state index < -0.39 is 0 Å². The number of hydrogen-bond acceptors (Lipinski definition) is 7. The number of likely N-dealkylation sites (tertiary alicyclic amines) is 1. The van der Waals surface area contributed by atoms with Crippen LogP contribution in [0.5, 0.6) is 0 Å². The number of piperidine rings is 1. The lowest BCUT2D eigenvalue weighted by atomic mass is 9.92. The first-order chi connectivity index (χ1) is 15.7. The van der Waals surface area contributed by atoms with Gasteiger partial charge in [0.05, 0.1) is 18.9 Å². The zero-order valence-electron chi connectivity index (χ0n) is 18.7. The molecule has 0 N–H and O–H groups in total. The zero-order valence-corrected chi connectivity index (χ0v) is 19.5. The lowest BCUT2D eigenvalue weighted by Gasteiger charge is -2.32. The first-order valence-electron chi connectivity index (χ1n) is 11.3. The van der Waals surface area contributed by atoms with Gasteiger partial charge < -0.3 is 9.64 Å². The Hall–Kier alpha value is -2.29. The van der Waals surface area contributed by atoms with Crippen LogP contribution >= 0.6 is 11.8 Å². The Morgan fingerprint density at radius 3 is 2.97 bits per heavy atom. The van der Waals surface area contributed by atoms with Crippen LogP contribution in [0.15, 0.2) is 42.0 Å². The van der Waals surface area contributed by atoms with E-state index in [4.69, 9.17) is 9.72 Å². The van der Waals surface area contributed by atoms with Gasteiger partial charge >= 0.3 is 0 Å². The molecule has 4 heterocycles. The molecule has 4 rings (SSSR count). The summed E-state index contributed by atoms with van der Waals surface area (Å²) in [6.07, 6.45) is 10.9. The third kappa shape index (κ3) is 6.37. The highest BCUT2D eigenvalue weighted by Crippen LogP contribution is 2.29. The molecule has 0 aliphatic carbocycles.